The molecule has 1 fully saturated rings. The number of benzene rings is 2. The van der Waals surface area contributed by atoms with Crippen molar-refractivity contribution < 1.29 is 9.59 Å². The van der Waals surface area contributed by atoms with Gasteiger partial charge < -0.3 is 4.98 Å². The Kier molecular flexibility index (Phi) is 2.79. The third-order valence-corrected chi connectivity index (χ3v) is 5.61. The first-order valence-electron chi connectivity index (χ1n) is 8.68. The van der Waals surface area contributed by atoms with Crippen molar-refractivity contribution >= 4 is 28.3 Å². The molecule has 1 aromatic heterocycles. The molecule has 4 heteroatoms. The number of carbonyl (C=O) groups excluding carboxylic acids is 2. The lowest BCUT2D eigenvalue weighted by Crippen LogP contribution is -2.53. The molecule has 124 valence electrons. The third kappa shape index (κ3) is 1.71. The van der Waals surface area contributed by atoms with Gasteiger partial charge in [0.05, 0.1) is 5.69 Å². The quantitative estimate of drug-likeness (QED) is 0.731. The highest BCUT2D eigenvalue weighted by atomic mass is 16.2. The number of para-hydroxylation sites is 1. The van der Waals surface area contributed by atoms with Gasteiger partial charge in [0.1, 0.15) is 5.54 Å². The zero-order valence-corrected chi connectivity index (χ0v) is 14.0. The van der Waals surface area contributed by atoms with Gasteiger partial charge in [-0.05, 0) is 43.5 Å². The van der Waals surface area contributed by atoms with E-state index in [9.17, 15) is 9.59 Å². The highest BCUT2D eigenvalue weighted by Crippen LogP contribution is 2.52. The van der Waals surface area contributed by atoms with E-state index in [2.05, 4.69) is 4.98 Å². The van der Waals surface area contributed by atoms with Gasteiger partial charge in [-0.1, -0.05) is 24.3 Å². The van der Waals surface area contributed by atoms with E-state index in [1.807, 2.05) is 55.6 Å². The van der Waals surface area contributed by atoms with Gasteiger partial charge in [-0.25, -0.2) is 0 Å². The minimum absolute atomic E-state index is 0.0363. The lowest BCUT2D eigenvalue weighted by atomic mass is 9.78. The number of carbonyl (C=O) groups is 2. The Labute approximate surface area is 145 Å². The third-order valence-electron chi connectivity index (χ3n) is 5.61. The summed E-state index contributed by atoms with van der Waals surface area (Å²) in [5.74, 6) is 0.0783. The Morgan fingerprint density at radius 1 is 1.12 bits per heavy atom. The van der Waals surface area contributed by atoms with Crippen LogP contribution in [0.3, 0.4) is 0 Å². The predicted octanol–water partition coefficient (Wildman–Crippen LogP) is 4.09. The monoisotopic (exact) mass is 330 g/mol. The molecule has 0 saturated carbocycles. The van der Waals surface area contributed by atoms with Crippen molar-refractivity contribution in [3.05, 3.63) is 65.4 Å². The highest BCUT2D eigenvalue weighted by molar-refractivity contribution is 6.22. The molecule has 0 radical (unpaired) electrons. The maximum atomic E-state index is 13.5. The molecular formula is C21H18N2O2. The number of aryl methyl sites for hydroxylation is 1. The Bertz CT molecular complexity index is 1050. The first-order chi connectivity index (χ1) is 12.1. The molecule has 1 saturated heterocycles. The largest absolute Gasteiger partial charge is 0.361 e. The number of nitrogens with zero attached hydrogens (tertiary/aromatic N) is 1. The lowest BCUT2D eigenvalue weighted by molar-refractivity contribution is -0.121. The first-order valence-corrected chi connectivity index (χ1v) is 8.68. The number of anilines is 1. The van der Waals surface area contributed by atoms with Crippen molar-refractivity contribution in [1.29, 1.82) is 0 Å². The van der Waals surface area contributed by atoms with Crippen LogP contribution < -0.4 is 4.90 Å². The fraction of sp³-hybridized carbons (Fsp3) is 0.238. The molecule has 3 aromatic rings. The number of nitrogens with one attached hydrogen (secondary N) is 1. The zero-order valence-electron chi connectivity index (χ0n) is 14.0. The zero-order chi connectivity index (χ0) is 17.2. The Balaban J connectivity index is 1.84. The number of rotatable bonds is 1. The van der Waals surface area contributed by atoms with Crippen LogP contribution in [-0.2, 0) is 10.3 Å². The minimum Gasteiger partial charge on any atom is -0.361 e. The van der Waals surface area contributed by atoms with Crippen molar-refractivity contribution in [1.82, 2.24) is 4.98 Å². The second-order valence-corrected chi connectivity index (χ2v) is 7.04. The van der Waals surface area contributed by atoms with Gasteiger partial charge >= 0.3 is 0 Å². The molecule has 2 aliphatic heterocycles. The molecule has 4 nitrogen and oxygen atoms in total. The van der Waals surface area contributed by atoms with Gasteiger partial charge in [-0.15, -0.1) is 0 Å². The van der Waals surface area contributed by atoms with Crippen LogP contribution in [-0.4, -0.2) is 16.7 Å². The van der Waals surface area contributed by atoms with Gasteiger partial charge in [0.2, 0.25) is 5.91 Å². The molecule has 5 rings (SSSR count). The van der Waals surface area contributed by atoms with E-state index in [1.165, 1.54) is 0 Å². The number of Topliss-reactive ketones (excluding diaryl/α,β-unsaturated/α-hetero) is 1. The molecule has 25 heavy (non-hydrogen) atoms. The van der Waals surface area contributed by atoms with Crippen LogP contribution in [0.15, 0.2) is 48.7 Å². The molecule has 0 spiro atoms. The number of amides is 1. The summed E-state index contributed by atoms with van der Waals surface area (Å²) in [6, 6.07) is 13.8. The van der Waals surface area contributed by atoms with Gasteiger partial charge in [0, 0.05) is 34.6 Å². The van der Waals surface area contributed by atoms with Gasteiger partial charge in [-0.3, -0.25) is 14.5 Å². The number of ketones is 1. The van der Waals surface area contributed by atoms with E-state index in [-0.39, 0.29) is 11.7 Å². The van der Waals surface area contributed by atoms with Crippen molar-refractivity contribution in [3.63, 3.8) is 0 Å². The molecule has 1 N–H and O–H groups in total. The lowest BCUT2D eigenvalue weighted by Gasteiger charge is -2.41. The SMILES string of the molecule is Cc1ccc2c(c1)N1C(=O)CCCC1(c1c[nH]c3ccccc13)C2=O. The van der Waals surface area contributed by atoms with Gasteiger partial charge in [0.15, 0.2) is 5.78 Å². The summed E-state index contributed by atoms with van der Waals surface area (Å²) in [7, 11) is 0. The number of H-pyrrole nitrogens is 1. The molecule has 3 heterocycles. The van der Waals surface area contributed by atoms with Crippen LogP contribution >= 0.6 is 0 Å². The summed E-state index contributed by atoms with van der Waals surface area (Å²) < 4.78 is 0. The normalized spacial score (nSPS) is 22.4. The van der Waals surface area contributed by atoms with Gasteiger partial charge in [-0.2, -0.15) is 0 Å². The molecule has 1 amide bonds. The van der Waals surface area contributed by atoms with E-state index in [0.29, 0.717) is 18.4 Å². The Morgan fingerprint density at radius 3 is 2.84 bits per heavy atom. The number of fused-ring (bicyclic) bond motifs is 4. The minimum atomic E-state index is -0.912. The summed E-state index contributed by atoms with van der Waals surface area (Å²) in [6.45, 7) is 1.99. The fourth-order valence-electron chi connectivity index (χ4n) is 4.52. The average molecular weight is 330 g/mol. The summed E-state index contributed by atoms with van der Waals surface area (Å²) in [6.07, 6.45) is 3.79. The van der Waals surface area contributed by atoms with E-state index in [1.54, 1.807) is 4.90 Å². The van der Waals surface area contributed by atoms with Crippen LogP contribution in [0.5, 0.6) is 0 Å². The molecule has 0 bridgehead atoms. The van der Waals surface area contributed by atoms with Crippen molar-refractivity contribution in [3.8, 4) is 0 Å². The van der Waals surface area contributed by atoms with E-state index in [4.69, 9.17) is 0 Å². The Hall–Kier alpha value is -2.88. The standard InChI is InChI=1S/C21H18N2O2/c1-13-8-9-15-18(11-13)23-19(24)7-4-10-21(23,20(15)25)16-12-22-17-6-3-2-5-14(16)17/h2-3,5-6,8-9,11-12,22H,4,7,10H2,1H3. The number of hydrogen-bond donors (Lipinski definition) is 1. The summed E-state index contributed by atoms with van der Waals surface area (Å²) in [5, 5.41) is 1.01. The van der Waals surface area contributed by atoms with Crippen molar-refractivity contribution in [2.75, 3.05) is 4.90 Å². The number of aromatic nitrogens is 1. The van der Waals surface area contributed by atoms with E-state index >= 15 is 0 Å². The Morgan fingerprint density at radius 2 is 1.96 bits per heavy atom. The molecule has 2 aliphatic rings. The number of hydrogen-bond acceptors (Lipinski definition) is 2. The second-order valence-electron chi connectivity index (χ2n) is 7.04. The molecule has 0 aliphatic carbocycles. The van der Waals surface area contributed by atoms with Crippen LogP contribution in [0, 0.1) is 6.92 Å². The van der Waals surface area contributed by atoms with Crippen LogP contribution in [0.25, 0.3) is 10.9 Å². The number of aromatic amines is 1. The predicted molar refractivity (Wildman–Crippen MR) is 96.8 cm³/mol. The fourth-order valence-corrected chi connectivity index (χ4v) is 4.52. The molecular weight excluding hydrogens is 312 g/mol. The number of piperidine rings is 1. The van der Waals surface area contributed by atoms with E-state index < -0.39 is 5.54 Å². The highest BCUT2D eigenvalue weighted by Gasteiger charge is 2.57. The molecule has 1 atom stereocenters. The van der Waals surface area contributed by atoms with Crippen molar-refractivity contribution in [2.24, 2.45) is 0 Å². The average Bonchev–Trinajstić information content (AvgIpc) is 3.14. The van der Waals surface area contributed by atoms with Crippen LogP contribution in [0.2, 0.25) is 0 Å². The molecule has 2 aromatic carbocycles. The topological polar surface area (TPSA) is 53.2 Å². The smallest absolute Gasteiger partial charge is 0.228 e. The van der Waals surface area contributed by atoms with Crippen molar-refractivity contribution in [2.45, 2.75) is 31.7 Å². The second kappa shape index (κ2) is 4.82. The summed E-state index contributed by atoms with van der Waals surface area (Å²) in [5.41, 5.74) is 3.47. The molecule has 1 unspecified atom stereocenters. The summed E-state index contributed by atoms with van der Waals surface area (Å²) >= 11 is 0. The first kappa shape index (κ1) is 14.5. The van der Waals surface area contributed by atoms with Crippen LogP contribution in [0.4, 0.5) is 5.69 Å². The van der Waals surface area contributed by atoms with E-state index in [0.717, 1.165) is 34.1 Å². The van der Waals surface area contributed by atoms with Crippen LogP contribution in [0.1, 0.15) is 40.7 Å². The van der Waals surface area contributed by atoms with Gasteiger partial charge in [0.25, 0.3) is 0 Å². The maximum absolute atomic E-state index is 13.5. The maximum Gasteiger partial charge on any atom is 0.228 e. The summed E-state index contributed by atoms with van der Waals surface area (Å²) in [4.78, 5) is 31.5.